The highest BCUT2D eigenvalue weighted by Crippen LogP contribution is 2.09. The highest BCUT2D eigenvalue weighted by Gasteiger charge is 2.09. The van der Waals surface area contributed by atoms with E-state index < -0.39 is 17.3 Å². The van der Waals surface area contributed by atoms with Crippen molar-refractivity contribution in [3.8, 4) is 0 Å². The van der Waals surface area contributed by atoms with Crippen LogP contribution in [0.25, 0.3) is 0 Å². The fraction of sp³-hybridized carbons (Fsp3) is 0.636. The van der Waals surface area contributed by atoms with Crippen molar-refractivity contribution in [3.05, 3.63) is 12.2 Å². The van der Waals surface area contributed by atoms with Crippen LogP contribution in [0, 0.1) is 0 Å². The molecule has 0 aliphatic rings. The van der Waals surface area contributed by atoms with Crippen molar-refractivity contribution >= 4 is 24.1 Å². The zero-order valence-electron chi connectivity index (χ0n) is 10.4. The van der Waals surface area contributed by atoms with Gasteiger partial charge in [0.15, 0.2) is 0 Å². The van der Waals surface area contributed by atoms with E-state index in [2.05, 4.69) is 17.6 Å². The average Bonchev–Trinajstić information content (AvgIpc) is 2.34. The van der Waals surface area contributed by atoms with Gasteiger partial charge in [-0.2, -0.15) is 3.89 Å². The molecule has 0 saturated heterocycles. The van der Waals surface area contributed by atoms with Crippen molar-refractivity contribution in [2.24, 2.45) is 5.73 Å². The summed E-state index contributed by atoms with van der Waals surface area (Å²) in [4.78, 5) is 21.8. The van der Waals surface area contributed by atoms with Gasteiger partial charge in [-0.15, -0.1) is 0 Å². The lowest BCUT2D eigenvalue weighted by Gasteiger charge is -2.11. The molecule has 0 saturated carbocycles. The molecule has 0 aromatic heterocycles. The molecule has 1 atom stereocenters. The maximum absolute atomic E-state index is 12.4. The first-order valence-corrected chi connectivity index (χ1v) is 6.67. The molecule has 0 fully saturated rings. The first-order chi connectivity index (χ1) is 8.60. The van der Waals surface area contributed by atoms with Gasteiger partial charge in [0.25, 0.3) is 0 Å². The van der Waals surface area contributed by atoms with Crippen LogP contribution < -0.4 is 16.4 Å². The fourth-order valence-corrected chi connectivity index (χ4v) is 1.51. The van der Waals surface area contributed by atoms with Gasteiger partial charge in [0.1, 0.15) is 5.37 Å². The maximum Gasteiger partial charge on any atom is 0.315 e. The second-order valence-corrected chi connectivity index (χ2v) is 4.42. The molecule has 0 aliphatic carbocycles. The number of primary amides is 1. The summed E-state index contributed by atoms with van der Waals surface area (Å²) in [7, 11) is 0. The molecular weight excluding hydrogens is 257 g/mol. The van der Waals surface area contributed by atoms with Gasteiger partial charge in [0.2, 0.25) is 5.91 Å². The molecule has 0 radical (unpaired) electrons. The largest absolute Gasteiger partial charge is 0.366 e. The van der Waals surface area contributed by atoms with Gasteiger partial charge in [0, 0.05) is 12.6 Å². The Bertz CT molecular complexity index is 287. The molecule has 18 heavy (non-hydrogen) atoms. The molecule has 5 nitrogen and oxygen atoms in total. The standard InChI is InChI=1S/C11H20FN3O2S/c1-2-3-4-5-8-14-11(17)15-10(18-12)7-6-9(13)16/h6-7,10H,2-5,8H2,1H3,(H2,13,16)(H2,14,15,17)/b7-6+. The third-order valence-electron chi connectivity index (χ3n) is 2.12. The van der Waals surface area contributed by atoms with E-state index in [0.717, 1.165) is 31.8 Å². The number of hydrogen-bond donors (Lipinski definition) is 3. The smallest absolute Gasteiger partial charge is 0.315 e. The van der Waals surface area contributed by atoms with E-state index in [-0.39, 0.29) is 12.1 Å². The number of hydrogen-bond acceptors (Lipinski definition) is 3. The quantitative estimate of drug-likeness (QED) is 0.341. The van der Waals surface area contributed by atoms with E-state index in [0.29, 0.717) is 6.54 Å². The third-order valence-corrected chi connectivity index (χ3v) is 2.59. The molecule has 0 aromatic carbocycles. The lowest BCUT2D eigenvalue weighted by atomic mass is 10.2. The zero-order chi connectivity index (χ0) is 13.8. The fourth-order valence-electron chi connectivity index (χ4n) is 1.22. The van der Waals surface area contributed by atoms with Crippen molar-refractivity contribution in [2.75, 3.05) is 6.54 Å². The van der Waals surface area contributed by atoms with E-state index in [9.17, 15) is 13.5 Å². The molecular formula is C11H20FN3O2S. The topological polar surface area (TPSA) is 84.2 Å². The zero-order valence-corrected chi connectivity index (χ0v) is 11.3. The minimum atomic E-state index is -0.909. The number of amides is 3. The number of carbonyl (C=O) groups excluding carboxylic acids is 2. The summed E-state index contributed by atoms with van der Waals surface area (Å²) >= 11 is -0.0790. The molecule has 0 aliphatic heterocycles. The van der Waals surface area contributed by atoms with Crippen molar-refractivity contribution < 1.29 is 13.5 Å². The Hall–Kier alpha value is -1.24. The third kappa shape index (κ3) is 9.95. The maximum atomic E-state index is 12.4. The van der Waals surface area contributed by atoms with E-state index in [1.807, 2.05) is 0 Å². The monoisotopic (exact) mass is 277 g/mol. The van der Waals surface area contributed by atoms with Crippen LogP contribution in [0.1, 0.15) is 32.6 Å². The van der Waals surface area contributed by atoms with Gasteiger partial charge in [-0.3, -0.25) is 4.79 Å². The van der Waals surface area contributed by atoms with E-state index in [1.54, 1.807) is 0 Å². The normalized spacial score (nSPS) is 12.3. The first-order valence-electron chi connectivity index (χ1n) is 5.89. The van der Waals surface area contributed by atoms with Crippen LogP contribution in [0.5, 0.6) is 0 Å². The Morgan fingerprint density at radius 3 is 2.67 bits per heavy atom. The molecule has 0 aromatic rings. The van der Waals surface area contributed by atoms with Gasteiger partial charge in [-0.05, 0) is 12.5 Å². The Labute approximate surface area is 111 Å². The van der Waals surface area contributed by atoms with Gasteiger partial charge < -0.3 is 16.4 Å². The Balaban J connectivity index is 3.79. The lowest BCUT2D eigenvalue weighted by molar-refractivity contribution is -0.113. The molecule has 0 bridgehead atoms. The highest BCUT2D eigenvalue weighted by molar-refractivity contribution is 7.95. The highest BCUT2D eigenvalue weighted by atomic mass is 32.2. The van der Waals surface area contributed by atoms with Crippen LogP contribution in [-0.4, -0.2) is 23.9 Å². The summed E-state index contributed by atoms with van der Waals surface area (Å²) in [5.41, 5.74) is 4.87. The molecule has 0 heterocycles. The molecule has 1 unspecified atom stereocenters. The van der Waals surface area contributed by atoms with E-state index >= 15 is 0 Å². The number of nitrogens with one attached hydrogen (secondary N) is 2. The number of urea groups is 1. The van der Waals surface area contributed by atoms with Gasteiger partial charge in [-0.1, -0.05) is 26.2 Å². The number of nitrogens with two attached hydrogens (primary N) is 1. The summed E-state index contributed by atoms with van der Waals surface area (Å²) in [5.74, 6) is -0.684. The molecule has 104 valence electrons. The summed E-state index contributed by atoms with van der Waals surface area (Å²) in [6.45, 7) is 2.66. The van der Waals surface area contributed by atoms with Crippen LogP contribution in [0.4, 0.5) is 8.68 Å². The van der Waals surface area contributed by atoms with E-state index in [1.165, 1.54) is 6.08 Å². The number of halogens is 1. The Morgan fingerprint density at radius 2 is 2.11 bits per heavy atom. The van der Waals surface area contributed by atoms with Crippen molar-refractivity contribution in [1.29, 1.82) is 0 Å². The Morgan fingerprint density at radius 1 is 1.39 bits per heavy atom. The summed E-state index contributed by atoms with van der Waals surface area (Å²) in [5, 5.41) is 4.06. The van der Waals surface area contributed by atoms with Crippen LogP contribution in [0.3, 0.4) is 0 Å². The summed E-state index contributed by atoms with van der Waals surface area (Å²) in [6.07, 6.45) is 6.42. The lowest BCUT2D eigenvalue weighted by Crippen LogP contribution is -2.40. The molecule has 4 N–H and O–H groups in total. The van der Waals surface area contributed by atoms with Crippen LogP contribution in [0.15, 0.2) is 12.2 Å². The predicted octanol–water partition coefficient (Wildman–Crippen LogP) is 1.85. The number of rotatable bonds is 9. The average molecular weight is 277 g/mol. The van der Waals surface area contributed by atoms with Crippen molar-refractivity contribution in [3.63, 3.8) is 0 Å². The van der Waals surface area contributed by atoms with Crippen LogP contribution in [-0.2, 0) is 4.79 Å². The van der Waals surface area contributed by atoms with Gasteiger partial charge in [-0.25, -0.2) is 4.79 Å². The summed E-state index contributed by atoms with van der Waals surface area (Å²) < 4.78 is 12.4. The predicted molar refractivity (Wildman–Crippen MR) is 71.5 cm³/mol. The minimum Gasteiger partial charge on any atom is -0.366 e. The Kier molecular flexibility index (Phi) is 10.1. The summed E-state index contributed by atoms with van der Waals surface area (Å²) in [6, 6.07) is -0.462. The van der Waals surface area contributed by atoms with Crippen LogP contribution >= 0.6 is 12.1 Å². The number of carbonyl (C=O) groups is 2. The first kappa shape index (κ1) is 16.8. The molecule has 3 amide bonds. The van der Waals surface area contributed by atoms with E-state index in [4.69, 9.17) is 5.73 Å². The second-order valence-electron chi connectivity index (χ2n) is 3.73. The van der Waals surface area contributed by atoms with Gasteiger partial charge >= 0.3 is 6.03 Å². The molecule has 0 rings (SSSR count). The molecule has 7 heteroatoms. The van der Waals surface area contributed by atoms with Crippen LogP contribution in [0.2, 0.25) is 0 Å². The minimum absolute atomic E-state index is 0.0790. The van der Waals surface area contributed by atoms with Crippen molar-refractivity contribution in [1.82, 2.24) is 10.6 Å². The second kappa shape index (κ2) is 10.9. The molecule has 0 spiro atoms. The van der Waals surface area contributed by atoms with Crippen molar-refractivity contribution in [2.45, 2.75) is 38.0 Å². The number of unbranched alkanes of at least 4 members (excludes halogenated alkanes) is 3. The SMILES string of the molecule is CCCCCCNC(=O)NC(/C=C/C(N)=O)SF. The van der Waals surface area contributed by atoms with Gasteiger partial charge in [0.05, 0.1) is 12.1 Å².